The van der Waals surface area contributed by atoms with Crippen molar-refractivity contribution in [2.75, 3.05) is 44.7 Å². The number of carboxylic acid groups (broad SMARTS) is 1. The third kappa shape index (κ3) is 16.4. The minimum absolute atomic E-state index is 0. The number of likely N-dealkylation sites (tertiary alicyclic amines) is 1. The van der Waals surface area contributed by atoms with Crippen LogP contribution in [0.25, 0.3) is 0 Å². The van der Waals surface area contributed by atoms with Gasteiger partial charge in [0.2, 0.25) is 0 Å². The summed E-state index contributed by atoms with van der Waals surface area (Å²) in [5.41, 5.74) is 0.430. The van der Waals surface area contributed by atoms with Crippen LogP contribution < -0.4 is 15.2 Å². The third-order valence-corrected chi connectivity index (χ3v) is 6.95. The predicted octanol–water partition coefficient (Wildman–Crippen LogP) is 6.71. The van der Waals surface area contributed by atoms with E-state index in [0.29, 0.717) is 24.7 Å². The zero-order chi connectivity index (χ0) is 25.6. The molecule has 0 bridgehead atoms. The molecular weight excluding hydrogens is 520 g/mol. The fraction of sp³-hybridized carbons (Fsp3) is 0.759. The van der Waals surface area contributed by atoms with E-state index in [-0.39, 0.29) is 17.0 Å². The maximum atomic E-state index is 10.4. The van der Waals surface area contributed by atoms with E-state index in [1.807, 2.05) is 0 Å². The van der Waals surface area contributed by atoms with Crippen molar-refractivity contribution in [3.8, 4) is 5.75 Å². The molecule has 2 rings (SSSR count). The van der Waals surface area contributed by atoms with Crippen LogP contribution in [0.15, 0.2) is 24.3 Å². The van der Waals surface area contributed by atoms with Crippen LogP contribution in [0, 0.1) is 0 Å². The Labute approximate surface area is 231 Å². The van der Waals surface area contributed by atoms with E-state index in [9.17, 15) is 15.0 Å². The maximum Gasteiger partial charge on any atom is 0.142 e. The topological polar surface area (TPSA) is 81.6 Å². The highest BCUT2D eigenvalue weighted by Crippen LogP contribution is 2.24. The van der Waals surface area contributed by atoms with E-state index in [1.165, 1.54) is 94.7 Å². The summed E-state index contributed by atoms with van der Waals surface area (Å²) in [5, 5.41) is 21.9. The van der Waals surface area contributed by atoms with Gasteiger partial charge in [0.1, 0.15) is 18.4 Å². The van der Waals surface area contributed by atoms with E-state index in [4.69, 9.17) is 4.74 Å². The number of quaternary nitrogens is 1. The van der Waals surface area contributed by atoms with E-state index in [0.717, 1.165) is 25.8 Å². The van der Waals surface area contributed by atoms with Crippen molar-refractivity contribution in [2.45, 2.75) is 104 Å². The summed E-state index contributed by atoms with van der Waals surface area (Å²) in [6.45, 7) is 10.3. The zero-order valence-corrected chi connectivity index (χ0v) is 24.7. The lowest BCUT2D eigenvalue weighted by Crippen LogP contribution is -2.53. The summed E-state index contributed by atoms with van der Waals surface area (Å²) >= 11 is 0. The largest absolute Gasteiger partial charge is 0.530 e. The molecule has 1 saturated heterocycles. The molecule has 210 valence electrons. The van der Waals surface area contributed by atoms with Gasteiger partial charge in [-0.3, -0.25) is 0 Å². The summed E-state index contributed by atoms with van der Waals surface area (Å²) in [4.78, 5) is 10.4. The average Bonchev–Trinajstić information content (AvgIpc) is 2.85. The highest BCUT2D eigenvalue weighted by atomic mass is 79.9. The number of rotatable bonds is 17. The number of carbonyl (C=O) groups excluding carboxylic acids is 1. The number of hydrogen-bond acceptors (Lipinski definition) is 4. The van der Waals surface area contributed by atoms with Gasteiger partial charge in [-0.1, -0.05) is 77.3 Å². The zero-order valence-electron chi connectivity index (χ0n) is 23.0. The third-order valence-electron chi connectivity index (χ3n) is 6.95. The monoisotopic (exact) mass is 572 g/mol. The molecule has 0 aromatic heterocycles. The Morgan fingerprint density at radius 2 is 1.47 bits per heavy atom. The molecule has 1 aliphatic rings. The number of halogens is 1. The summed E-state index contributed by atoms with van der Waals surface area (Å²) in [7, 11) is 0. The van der Waals surface area contributed by atoms with Crippen LogP contribution in [0.1, 0.15) is 104 Å². The minimum Gasteiger partial charge on any atom is -0.530 e. The Hall–Kier alpha value is -1.31. The van der Waals surface area contributed by atoms with Crippen LogP contribution in [0.3, 0.4) is 0 Å². The molecule has 1 fully saturated rings. The normalized spacial score (nSPS) is 14.2. The first-order valence-corrected chi connectivity index (χ1v) is 14.2. The number of nitrogens with zero attached hydrogens (tertiary/aromatic N) is 1. The lowest BCUT2D eigenvalue weighted by molar-refractivity contribution is -0.932. The lowest BCUT2D eigenvalue weighted by Gasteiger charge is -2.41. The minimum atomic E-state index is -1.33. The van der Waals surface area contributed by atoms with Crippen LogP contribution in [0.5, 0.6) is 5.75 Å². The van der Waals surface area contributed by atoms with Gasteiger partial charge >= 0.3 is 0 Å². The number of amides is 1. The Bertz CT molecular complexity index is 648. The Morgan fingerprint density at radius 1 is 0.889 bits per heavy atom. The highest BCUT2D eigenvalue weighted by Gasteiger charge is 2.28. The van der Waals surface area contributed by atoms with Crippen LogP contribution in [0.4, 0.5) is 10.5 Å². The van der Waals surface area contributed by atoms with E-state index in [1.54, 1.807) is 24.3 Å². The van der Waals surface area contributed by atoms with E-state index >= 15 is 0 Å². The van der Waals surface area contributed by atoms with Gasteiger partial charge in [-0.15, -0.1) is 17.0 Å². The van der Waals surface area contributed by atoms with Gasteiger partial charge in [0.15, 0.2) is 0 Å². The van der Waals surface area contributed by atoms with Crippen molar-refractivity contribution in [3.05, 3.63) is 24.3 Å². The molecule has 0 aliphatic carbocycles. The van der Waals surface area contributed by atoms with Crippen molar-refractivity contribution < 1.29 is 24.2 Å². The van der Waals surface area contributed by atoms with E-state index < -0.39 is 6.09 Å². The molecule has 1 amide bonds. The fourth-order valence-corrected chi connectivity index (χ4v) is 4.88. The van der Waals surface area contributed by atoms with Crippen molar-refractivity contribution in [2.24, 2.45) is 0 Å². The molecule has 0 atom stereocenters. The number of aliphatic hydroxyl groups excluding tert-OH is 1. The number of aliphatic hydroxyl groups is 1. The molecule has 0 spiro atoms. The molecule has 0 radical (unpaired) electrons. The number of nitrogens with one attached hydrogen (secondary N) is 1. The first kappa shape index (κ1) is 34.7. The first-order chi connectivity index (χ1) is 17.1. The second-order valence-corrected chi connectivity index (χ2v) is 9.96. The van der Waals surface area contributed by atoms with Gasteiger partial charge in [0.25, 0.3) is 0 Å². The van der Waals surface area contributed by atoms with Gasteiger partial charge in [-0.25, -0.2) is 0 Å². The van der Waals surface area contributed by atoms with Gasteiger partial charge in [-0.2, -0.15) is 0 Å². The van der Waals surface area contributed by atoms with Crippen molar-refractivity contribution in [1.82, 2.24) is 0 Å². The standard InChI is InChI=1S/C17H36NO.C12H17NO3.BrH/c1-2-3-4-5-6-7-8-10-13-18(16-17-19)14-11-9-12-15-18;1-2-3-6-9-16-11-8-5-4-7-10(11)13-12(14)15;/h19H,2-17H2,1H3;4-5,7-8,13H,2-3,6,9H2,1H3,(H,14,15);1H/q+1;;/p-1. The van der Waals surface area contributed by atoms with Gasteiger partial charge in [0.05, 0.1) is 38.5 Å². The molecule has 1 aliphatic heterocycles. The number of hydrogen-bond donors (Lipinski definition) is 2. The molecule has 0 unspecified atom stereocenters. The number of benzene rings is 1. The molecule has 0 saturated carbocycles. The van der Waals surface area contributed by atoms with Crippen molar-refractivity contribution >= 4 is 28.8 Å². The molecule has 6 nitrogen and oxygen atoms in total. The maximum absolute atomic E-state index is 10.4. The Balaban J connectivity index is 0.000000671. The van der Waals surface area contributed by atoms with Crippen molar-refractivity contribution in [3.63, 3.8) is 0 Å². The molecule has 1 heterocycles. The number of unbranched alkanes of at least 4 members (excludes halogenated alkanes) is 9. The average molecular weight is 574 g/mol. The molecular formula is C29H53BrN2O4. The summed E-state index contributed by atoms with van der Waals surface area (Å²) < 4.78 is 6.70. The number of para-hydroxylation sites is 2. The smallest absolute Gasteiger partial charge is 0.142 e. The van der Waals surface area contributed by atoms with E-state index in [2.05, 4.69) is 19.2 Å². The number of ether oxygens (including phenoxy) is 1. The van der Waals surface area contributed by atoms with Crippen LogP contribution >= 0.6 is 17.0 Å². The quantitative estimate of drug-likeness (QED) is 0.160. The van der Waals surface area contributed by atoms with Crippen LogP contribution in [-0.2, 0) is 0 Å². The summed E-state index contributed by atoms with van der Waals surface area (Å²) in [5.74, 6) is 0.544. The second-order valence-electron chi connectivity index (χ2n) is 9.96. The number of anilines is 1. The van der Waals surface area contributed by atoms with Gasteiger partial charge < -0.3 is 29.5 Å². The summed E-state index contributed by atoms with van der Waals surface area (Å²) in [6.07, 6.45) is 17.3. The molecule has 7 heteroatoms. The van der Waals surface area contributed by atoms with Crippen molar-refractivity contribution in [1.29, 1.82) is 0 Å². The second kappa shape index (κ2) is 22.9. The highest BCUT2D eigenvalue weighted by molar-refractivity contribution is 8.93. The van der Waals surface area contributed by atoms with Crippen LogP contribution in [-0.4, -0.2) is 55.1 Å². The molecule has 1 aromatic rings. The summed E-state index contributed by atoms with van der Waals surface area (Å²) in [6, 6.07) is 6.92. The Kier molecular flexibility index (Phi) is 22.0. The molecule has 2 N–H and O–H groups in total. The van der Waals surface area contributed by atoms with Gasteiger partial charge in [-0.05, 0) is 50.7 Å². The molecule has 1 aromatic carbocycles. The fourth-order valence-electron chi connectivity index (χ4n) is 4.88. The number of carbonyl (C=O) groups is 1. The predicted molar refractivity (Wildman–Crippen MR) is 154 cm³/mol. The number of piperidine rings is 1. The SMILES string of the molecule is Br.CCCCCCCCCC[N+]1(CCO)CCCCC1.CCCCCOc1ccccc1NC(=O)[O-]. The molecule has 36 heavy (non-hydrogen) atoms. The van der Waals surface area contributed by atoms with Gasteiger partial charge in [0, 0.05) is 0 Å². The Morgan fingerprint density at radius 3 is 2.08 bits per heavy atom. The lowest BCUT2D eigenvalue weighted by atomic mass is 10.0. The first-order valence-electron chi connectivity index (χ1n) is 14.2. The van der Waals surface area contributed by atoms with Crippen LogP contribution in [0.2, 0.25) is 0 Å².